The molecule has 2 N–H and O–H groups in total. The van der Waals surface area contributed by atoms with Gasteiger partial charge in [0.25, 0.3) is 0 Å². The fourth-order valence-corrected chi connectivity index (χ4v) is 3.96. The summed E-state index contributed by atoms with van der Waals surface area (Å²) in [5, 5.41) is 6.09. The van der Waals surface area contributed by atoms with E-state index in [2.05, 4.69) is 41.8 Å². The predicted molar refractivity (Wildman–Crippen MR) is 89.2 cm³/mol. The lowest BCUT2D eigenvalue weighted by molar-refractivity contribution is 0.0980. The zero-order valence-corrected chi connectivity index (χ0v) is 14.0. The van der Waals surface area contributed by atoms with Crippen LogP contribution in [0.25, 0.3) is 0 Å². The molecule has 1 aromatic carbocycles. The number of amides is 2. The van der Waals surface area contributed by atoms with Crippen LogP contribution >= 0.6 is 11.8 Å². The average molecular weight is 320 g/mol. The van der Waals surface area contributed by atoms with Gasteiger partial charge in [-0.2, -0.15) is 0 Å². The third-order valence-corrected chi connectivity index (χ3v) is 5.36. The van der Waals surface area contributed by atoms with Gasteiger partial charge in [-0.1, -0.05) is 19.1 Å². The Morgan fingerprint density at radius 1 is 1.36 bits per heavy atom. The molecular formula is C17H24N2O2S. The Labute approximate surface area is 136 Å². The van der Waals surface area contributed by atoms with E-state index in [-0.39, 0.29) is 24.2 Å². The molecule has 0 aliphatic carbocycles. The van der Waals surface area contributed by atoms with Gasteiger partial charge in [-0.15, -0.1) is 11.8 Å². The molecule has 2 amide bonds. The van der Waals surface area contributed by atoms with Gasteiger partial charge < -0.3 is 15.4 Å². The highest BCUT2D eigenvalue weighted by atomic mass is 32.2. The summed E-state index contributed by atoms with van der Waals surface area (Å²) < 4.78 is 5.77. The van der Waals surface area contributed by atoms with Gasteiger partial charge in [0, 0.05) is 4.90 Å². The van der Waals surface area contributed by atoms with Crippen LogP contribution in [0.1, 0.15) is 44.7 Å². The normalized spacial score (nSPS) is 27.6. The smallest absolute Gasteiger partial charge is 0.315 e. The first-order chi connectivity index (χ1) is 10.7. The Balaban J connectivity index is 1.50. The molecule has 2 aliphatic rings. The molecule has 120 valence electrons. The van der Waals surface area contributed by atoms with E-state index in [1.54, 1.807) is 0 Å². The Hall–Kier alpha value is -1.20. The van der Waals surface area contributed by atoms with Gasteiger partial charge in [0.05, 0.1) is 24.3 Å². The first-order valence-corrected chi connectivity index (χ1v) is 9.09. The second-order valence-electron chi connectivity index (χ2n) is 6.06. The minimum absolute atomic E-state index is 0.000172. The molecule has 2 fully saturated rings. The van der Waals surface area contributed by atoms with Crippen molar-refractivity contribution >= 4 is 17.8 Å². The summed E-state index contributed by atoms with van der Waals surface area (Å²) in [7, 11) is 0. The monoisotopic (exact) mass is 320 g/mol. The standard InChI is InChI=1S/C17H24N2O2S/c1-3-22-14-7-4-12(5-8-14)11(2)18-17(20)19-15-10-13-6-9-16(15)21-13/h4-5,7-8,11,13,15-16H,3,6,9-10H2,1-2H3,(H2,18,19,20)/t11-,13-,15+,16-/m1/s1. The molecule has 22 heavy (non-hydrogen) atoms. The molecule has 0 aromatic heterocycles. The molecule has 3 rings (SSSR count). The maximum absolute atomic E-state index is 12.1. The first kappa shape index (κ1) is 15.7. The second-order valence-corrected chi connectivity index (χ2v) is 7.40. The molecule has 4 atom stereocenters. The zero-order valence-electron chi connectivity index (χ0n) is 13.2. The van der Waals surface area contributed by atoms with E-state index in [9.17, 15) is 4.79 Å². The number of thioether (sulfide) groups is 1. The van der Waals surface area contributed by atoms with Crippen molar-refractivity contribution in [2.24, 2.45) is 0 Å². The summed E-state index contributed by atoms with van der Waals surface area (Å²) in [5.41, 5.74) is 1.12. The molecule has 1 aromatic rings. The highest BCUT2D eigenvalue weighted by molar-refractivity contribution is 7.99. The van der Waals surface area contributed by atoms with E-state index >= 15 is 0 Å². The lowest BCUT2D eigenvalue weighted by Crippen LogP contribution is -2.46. The highest BCUT2D eigenvalue weighted by Gasteiger charge is 2.41. The predicted octanol–water partition coefficient (Wildman–Crippen LogP) is 3.48. The van der Waals surface area contributed by atoms with E-state index in [1.165, 1.54) is 4.90 Å². The Kier molecular flexibility index (Phi) is 4.93. The third kappa shape index (κ3) is 3.58. The zero-order chi connectivity index (χ0) is 15.5. The van der Waals surface area contributed by atoms with Gasteiger partial charge in [-0.05, 0) is 49.6 Å². The van der Waals surface area contributed by atoms with E-state index < -0.39 is 0 Å². The van der Waals surface area contributed by atoms with Crippen molar-refractivity contribution < 1.29 is 9.53 Å². The van der Waals surface area contributed by atoms with Crippen molar-refractivity contribution in [3.63, 3.8) is 0 Å². The fourth-order valence-electron chi connectivity index (χ4n) is 3.30. The summed E-state index contributed by atoms with van der Waals surface area (Å²) in [5.74, 6) is 1.07. The topological polar surface area (TPSA) is 50.4 Å². The van der Waals surface area contributed by atoms with Crippen molar-refractivity contribution in [2.45, 2.75) is 62.3 Å². The maximum atomic E-state index is 12.1. The average Bonchev–Trinajstić information content (AvgIpc) is 3.10. The molecule has 0 unspecified atom stereocenters. The van der Waals surface area contributed by atoms with Crippen LogP contribution in [0.5, 0.6) is 0 Å². The molecule has 2 saturated heterocycles. The number of urea groups is 1. The summed E-state index contributed by atoms with van der Waals surface area (Å²) in [4.78, 5) is 13.4. The van der Waals surface area contributed by atoms with Crippen LogP contribution in [0.3, 0.4) is 0 Å². The molecule has 5 heteroatoms. The molecule has 2 aliphatic heterocycles. The van der Waals surface area contributed by atoms with Gasteiger partial charge in [-0.3, -0.25) is 0 Å². The molecule has 2 bridgehead atoms. The number of rotatable bonds is 5. The van der Waals surface area contributed by atoms with E-state index in [4.69, 9.17) is 4.74 Å². The molecule has 2 heterocycles. The van der Waals surface area contributed by atoms with Crippen LogP contribution in [-0.2, 0) is 4.74 Å². The molecule has 0 saturated carbocycles. The van der Waals surface area contributed by atoms with Crippen LogP contribution in [-0.4, -0.2) is 30.0 Å². The van der Waals surface area contributed by atoms with Crippen LogP contribution < -0.4 is 10.6 Å². The van der Waals surface area contributed by atoms with Crippen molar-refractivity contribution in [2.75, 3.05) is 5.75 Å². The Morgan fingerprint density at radius 3 is 2.73 bits per heavy atom. The maximum Gasteiger partial charge on any atom is 0.315 e. The fraction of sp³-hybridized carbons (Fsp3) is 0.588. The van der Waals surface area contributed by atoms with Crippen LogP contribution in [0.4, 0.5) is 4.79 Å². The second kappa shape index (κ2) is 6.92. The number of carbonyl (C=O) groups is 1. The summed E-state index contributed by atoms with van der Waals surface area (Å²) in [6.45, 7) is 4.16. The largest absolute Gasteiger partial charge is 0.373 e. The Morgan fingerprint density at radius 2 is 2.14 bits per heavy atom. The quantitative estimate of drug-likeness (QED) is 0.817. The van der Waals surface area contributed by atoms with Gasteiger partial charge >= 0.3 is 6.03 Å². The number of ether oxygens (including phenoxy) is 1. The van der Waals surface area contributed by atoms with E-state index in [1.807, 2.05) is 18.7 Å². The minimum Gasteiger partial charge on any atom is -0.373 e. The van der Waals surface area contributed by atoms with Crippen molar-refractivity contribution in [3.8, 4) is 0 Å². The van der Waals surface area contributed by atoms with Gasteiger partial charge in [0.15, 0.2) is 0 Å². The number of nitrogens with one attached hydrogen (secondary N) is 2. The van der Waals surface area contributed by atoms with Crippen molar-refractivity contribution in [3.05, 3.63) is 29.8 Å². The van der Waals surface area contributed by atoms with Crippen LogP contribution in [0, 0.1) is 0 Å². The van der Waals surface area contributed by atoms with Gasteiger partial charge in [0.2, 0.25) is 0 Å². The van der Waals surface area contributed by atoms with Crippen LogP contribution in [0.15, 0.2) is 29.2 Å². The summed E-state index contributed by atoms with van der Waals surface area (Å²) in [6, 6.07) is 8.48. The van der Waals surface area contributed by atoms with E-state index in [0.717, 1.165) is 30.6 Å². The highest BCUT2D eigenvalue weighted by Crippen LogP contribution is 2.34. The Bertz CT molecular complexity index is 520. The SMILES string of the molecule is CCSc1ccc([C@@H](C)NC(=O)N[C@H]2C[C@H]3CC[C@H]2O3)cc1. The number of hydrogen-bond acceptors (Lipinski definition) is 3. The molecular weight excluding hydrogens is 296 g/mol. The van der Waals surface area contributed by atoms with Gasteiger partial charge in [0.1, 0.15) is 0 Å². The molecule has 0 spiro atoms. The minimum atomic E-state index is -0.0966. The summed E-state index contributed by atoms with van der Waals surface area (Å²) in [6.07, 6.45) is 3.74. The van der Waals surface area contributed by atoms with Gasteiger partial charge in [-0.25, -0.2) is 4.79 Å². The number of fused-ring (bicyclic) bond motifs is 2. The van der Waals surface area contributed by atoms with Crippen molar-refractivity contribution in [1.82, 2.24) is 10.6 Å². The summed E-state index contributed by atoms with van der Waals surface area (Å²) >= 11 is 1.82. The van der Waals surface area contributed by atoms with Crippen LogP contribution in [0.2, 0.25) is 0 Å². The number of carbonyl (C=O) groups excluding carboxylic acids is 1. The lowest BCUT2D eigenvalue weighted by Gasteiger charge is -2.22. The lowest BCUT2D eigenvalue weighted by atomic mass is 9.96. The number of benzene rings is 1. The molecule has 0 radical (unpaired) electrons. The van der Waals surface area contributed by atoms with Crippen molar-refractivity contribution in [1.29, 1.82) is 0 Å². The molecule has 4 nitrogen and oxygen atoms in total. The first-order valence-electron chi connectivity index (χ1n) is 8.11. The number of hydrogen-bond donors (Lipinski definition) is 2. The third-order valence-electron chi connectivity index (χ3n) is 4.46. The van der Waals surface area contributed by atoms with E-state index in [0.29, 0.717) is 6.10 Å².